The van der Waals surface area contributed by atoms with E-state index in [0.29, 0.717) is 11.1 Å². The first-order valence-corrected chi connectivity index (χ1v) is 5.42. The molecule has 0 saturated carbocycles. The zero-order chi connectivity index (χ0) is 10.5. The fourth-order valence-corrected chi connectivity index (χ4v) is 2.04. The molecule has 0 aliphatic carbocycles. The first-order valence-electron chi connectivity index (χ1n) is 3.84. The van der Waals surface area contributed by atoms with Crippen LogP contribution in [-0.2, 0) is 0 Å². The van der Waals surface area contributed by atoms with Crippen molar-refractivity contribution >= 4 is 43.7 Å². The third-order valence-electron chi connectivity index (χ3n) is 2.13. The molecule has 0 atom stereocenters. The van der Waals surface area contributed by atoms with Crippen molar-refractivity contribution in [3.8, 4) is 0 Å². The molecule has 2 rings (SSSR count). The molecule has 0 unspecified atom stereocenters. The summed E-state index contributed by atoms with van der Waals surface area (Å²) in [5.41, 5.74) is 0.903. The number of carbonyl (C=O) groups is 2. The quantitative estimate of drug-likeness (QED) is 0.689. The Labute approximate surface area is 97.3 Å². The Kier molecular flexibility index (Phi) is 2.23. The molecular formula is C9H5Br2NO2. The summed E-state index contributed by atoms with van der Waals surface area (Å²) in [5, 5.41) is 0. The van der Waals surface area contributed by atoms with E-state index < -0.39 is 0 Å². The van der Waals surface area contributed by atoms with E-state index in [-0.39, 0.29) is 11.8 Å². The number of hydrogen-bond acceptors (Lipinski definition) is 2. The lowest BCUT2D eigenvalue weighted by Crippen LogP contribution is -2.24. The Balaban J connectivity index is 2.71. The fraction of sp³-hybridized carbons (Fsp3) is 0.111. The molecule has 0 spiro atoms. The van der Waals surface area contributed by atoms with Crippen molar-refractivity contribution in [2.75, 3.05) is 7.05 Å². The zero-order valence-electron chi connectivity index (χ0n) is 7.17. The maximum Gasteiger partial charge on any atom is 0.261 e. The Hall–Kier alpha value is -0.680. The van der Waals surface area contributed by atoms with Gasteiger partial charge in [-0.15, -0.1) is 0 Å². The summed E-state index contributed by atoms with van der Waals surface area (Å²) >= 11 is 6.57. The SMILES string of the molecule is CN1C(=O)c2cc(Br)c(Br)cc2C1=O. The van der Waals surface area contributed by atoms with Crippen LogP contribution in [0.3, 0.4) is 0 Å². The standard InChI is InChI=1S/C9H5Br2NO2/c1-12-8(13)4-2-6(10)7(11)3-5(4)9(12)14/h2-3H,1H3. The lowest BCUT2D eigenvalue weighted by molar-refractivity contribution is 0.0693. The van der Waals surface area contributed by atoms with Crippen LogP contribution < -0.4 is 0 Å². The largest absolute Gasteiger partial charge is 0.277 e. The molecular weight excluding hydrogens is 314 g/mol. The van der Waals surface area contributed by atoms with Crippen LogP contribution >= 0.6 is 31.9 Å². The molecule has 0 fully saturated rings. The topological polar surface area (TPSA) is 37.4 Å². The second kappa shape index (κ2) is 3.17. The van der Waals surface area contributed by atoms with E-state index in [0.717, 1.165) is 13.8 Å². The van der Waals surface area contributed by atoms with Gasteiger partial charge in [0.15, 0.2) is 0 Å². The highest BCUT2D eigenvalue weighted by atomic mass is 79.9. The van der Waals surface area contributed by atoms with Crippen molar-refractivity contribution in [2.45, 2.75) is 0 Å². The Morgan fingerprint density at radius 3 is 1.71 bits per heavy atom. The highest BCUT2D eigenvalue weighted by Gasteiger charge is 2.33. The highest BCUT2D eigenvalue weighted by molar-refractivity contribution is 9.13. The summed E-state index contributed by atoms with van der Waals surface area (Å²) in [6.45, 7) is 0. The first kappa shape index (κ1) is 9.86. The normalized spacial score (nSPS) is 14.9. The lowest BCUT2D eigenvalue weighted by Gasteiger charge is -2.02. The minimum Gasteiger partial charge on any atom is -0.277 e. The van der Waals surface area contributed by atoms with E-state index in [1.165, 1.54) is 7.05 Å². The van der Waals surface area contributed by atoms with Gasteiger partial charge in [-0.2, -0.15) is 0 Å². The summed E-state index contributed by atoms with van der Waals surface area (Å²) in [4.78, 5) is 24.2. The number of imide groups is 1. The summed E-state index contributed by atoms with van der Waals surface area (Å²) in [6.07, 6.45) is 0. The molecule has 0 N–H and O–H groups in total. The second-order valence-electron chi connectivity index (χ2n) is 2.98. The summed E-state index contributed by atoms with van der Waals surface area (Å²) in [6, 6.07) is 3.31. The molecule has 1 aliphatic rings. The van der Waals surface area contributed by atoms with Crippen molar-refractivity contribution in [1.82, 2.24) is 4.90 Å². The maximum atomic E-state index is 11.5. The monoisotopic (exact) mass is 317 g/mol. The Morgan fingerprint density at radius 2 is 1.36 bits per heavy atom. The highest BCUT2D eigenvalue weighted by Crippen LogP contribution is 2.31. The van der Waals surface area contributed by atoms with Gasteiger partial charge in [0.25, 0.3) is 11.8 Å². The molecule has 3 nitrogen and oxygen atoms in total. The van der Waals surface area contributed by atoms with E-state index in [1.807, 2.05) is 0 Å². The van der Waals surface area contributed by atoms with Crippen molar-refractivity contribution in [2.24, 2.45) is 0 Å². The minimum atomic E-state index is -0.252. The molecule has 5 heteroatoms. The summed E-state index contributed by atoms with van der Waals surface area (Å²) in [7, 11) is 1.48. The van der Waals surface area contributed by atoms with Gasteiger partial charge in [0.2, 0.25) is 0 Å². The van der Waals surface area contributed by atoms with E-state index in [9.17, 15) is 9.59 Å². The third kappa shape index (κ3) is 1.23. The maximum absolute atomic E-state index is 11.5. The van der Waals surface area contributed by atoms with Crippen LogP contribution in [0, 0.1) is 0 Å². The zero-order valence-corrected chi connectivity index (χ0v) is 10.3. The molecule has 0 bridgehead atoms. The van der Waals surface area contributed by atoms with E-state index in [1.54, 1.807) is 12.1 Å². The third-order valence-corrected chi connectivity index (χ3v) is 3.97. The van der Waals surface area contributed by atoms with Crippen molar-refractivity contribution in [1.29, 1.82) is 0 Å². The van der Waals surface area contributed by atoms with Crippen LogP contribution in [-0.4, -0.2) is 23.8 Å². The van der Waals surface area contributed by atoms with Gasteiger partial charge in [-0.3, -0.25) is 14.5 Å². The molecule has 1 heterocycles. The van der Waals surface area contributed by atoms with Gasteiger partial charge >= 0.3 is 0 Å². The number of amides is 2. The van der Waals surface area contributed by atoms with Gasteiger partial charge in [0, 0.05) is 16.0 Å². The van der Waals surface area contributed by atoms with Crippen LogP contribution in [0.5, 0.6) is 0 Å². The number of carbonyl (C=O) groups excluding carboxylic acids is 2. The summed E-state index contributed by atoms with van der Waals surface area (Å²) in [5.74, 6) is -0.503. The van der Waals surface area contributed by atoms with Gasteiger partial charge < -0.3 is 0 Å². The molecule has 1 aromatic rings. The van der Waals surface area contributed by atoms with Crippen LogP contribution in [0.1, 0.15) is 20.7 Å². The number of hydrogen-bond donors (Lipinski definition) is 0. The summed E-state index contributed by atoms with van der Waals surface area (Å²) < 4.78 is 1.54. The van der Waals surface area contributed by atoms with Crippen molar-refractivity contribution in [3.63, 3.8) is 0 Å². The van der Waals surface area contributed by atoms with Gasteiger partial charge in [-0.25, -0.2) is 0 Å². The lowest BCUT2D eigenvalue weighted by atomic mass is 10.1. The van der Waals surface area contributed by atoms with Gasteiger partial charge in [0.1, 0.15) is 0 Å². The average molecular weight is 319 g/mol. The van der Waals surface area contributed by atoms with Crippen molar-refractivity contribution in [3.05, 3.63) is 32.2 Å². The van der Waals surface area contributed by atoms with Crippen LogP contribution in [0.4, 0.5) is 0 Å². The second-order valence-corrected chi connectivity index (χ2v) is 4.69. The fourth-order valence-electron chi connectivity index (χ4n) is 1.35. The number of fused-ring (bicyclic) bond motifs is 1. The molecule has 72 valence electrons. The van der Waals surface area contributed by atoms with Crippen LogP contribution in [0.25, 0.3) is 0 Å². The van der Waals surface area contributed by atoms with Crippen molar-refractivity contribution < 1.29 is 9.59 Å². The molecule has 0 radical (unpaired) electrons. The van der Waals surface area contributed by atoms with Crippen LogP contribution in [0.15, 0.2) is 21.1 Å². The average Bonchev–Trinajstić information content (AvgIpc) is 2.34. The number of nitrogens with zero attached hydrogens (tertiary/aromatic N) is 1. The molecule has 14 heavy (non-hydrogen) atoms. The first-order chi connectivity index (χ1) is 6.52. The van der Waals surface area contributed by atoms with E-state index in [2.05, 4.69) is 31.9 Å². The molecule has 0 aromatic heterocycles. The Morgan fingerprint density at radius 1 is 1.00 bits per heavy atom. The van der Waals surface area contributed by atoms with E-state index >= 15 is 0 Å². The van der Waals surface area contributed by atoms with Crippen LogP contribution in [0.2, 0.25) is 0 Å². The number of rotatable bonds is 0. The number of benzene rings is 1. The van der Waals surface area contributed by atoms with Gasteiger partial charge in [-0.1, -0.05) is 0 Å². The smallest absolute Gasteiger partial charge is 0.261 e. The Bertz CT molecular complexity index is 415. The molecule has 2 amide bonds. The predicted molar refractivity (Wildman–Crippen MR) is 58.3 cm³/mol. The minimum absolute atomic E-state index is 0.252. The predicted octanol–water partition coefficient (Wildman–Crippen LogP) is 2.44. The molecule has 0 saturated heterocycles. The number of halogens is 2. The molecule has 1 aliphatic heterocycles. The molecule has 1 aromatic carbocycles. The van der Waals surface area contributed by atoms with Gasteiger partial charge in [0.05, 0.1) is 11.1 Å². The van der Waals surface area contributed by atoms with E-state index in [4.69, 9.17) is 0 Å². The van der Waals surface area contributed by atoms with Gasteiger partial charge in [-0.05, 0) is 44.0 Å².